The summed E-state index contributed by atoms with van der Waals surface area (Å²) in [6.45, 7) is 2.09. The van der Waals surface area contributed by atoms with Crippen molar-refractivity contribution in [3.8, 4) is 0 Å². The highest BCUT2D eigenvalue weighted by atomic mass is 16.5. The van der Waals surface area contributed by atoms with Crippen molar-refractivity contribution < 1.29 is 19.1 Å². The first-order chi connectivity index (χ1) is 21.4. The highest BCUT2D eigenvalue weighted by Crippen LogP contribution is 2.36. The molecule has 6 rings (SSSR count). The van der Waals surface area contributed by atoms with E-state index in [2.05, 4.69) is 27.8 Å². The van der Waals surface area contributed by atoms with Crippen LogP contribution in [0, 0.1) is 11.3 Å². The Balaban J connectivity index is 1.19. The number of aromatic nitrogens is 1. The molecule has 0 radical (unpaired) electrons. The van der Waals surface area contributed by atoms with Gasteiger partial charge in [0.2, 0.25) is 17.7 Å². The van der Waals surface area contributed by atoms with Gasteiger partial charge in [0.1, 0.15) is 6.04 Å². The number of amides is 3. The van der Waals surface area contributed by atoms with Crippen molar-refractivity contribution in [3.05, 3.63) is 84.1 Å². The van der Waals surface area contributed by atoms with Gasteiger partial charge in [0, 0.05) is 61.8 Å². The van der Waals surface area contributed by atoms with E-state index in [1.54, 1.807) is 0 Å². The van der Waals surface area contributed by atoms with Gasteiger partial charge in [0.05, 0.1) is 11.5 Å². The number of nitrogens with zero attached hydrogens (tertiary/aromatic N) is 1. The van der Waals surface area contributed by atoms with E-state index < -0.39 is 17.5 Å². The Kier molecular flexibility index (Phi) is 9.14. The molecule has 2 fully saturated rings. The lowest BCUT2D eigenvalue weighted by Gasteiger charge is -2.41. The number of nitrogens with two attached hydrogens (primary N) is 1. The molecule has 1 aromatic heterocycles. The highest BCUT2D eigenvalue weighted by molar-refractivity contribution is 5.91. The summed E-state index contributed by atoms with van der Waals surface area (Å²) in [5.41, 5.74) is 8.95. The molecule has 0 aliphatic carbocycles. The molecule has 2 aromatic carbocycles. The van der Waals surface area contributed by atoms with E-state index in [9.17, 15) is 14.4 Å². The van der Waals surface area contributed by atoms with E-state index >= 15 is 0 Å². The van der Waals surface area contributed by atoms with E-state index in [-0.39, 0.29) is 29.7 Å². The maximum atomic E-state index is 13.8. The third kappa shape index (κ3) is 6.59. The number of hydrogen-bond acceptors (Lipinski definition) is 5. The second kappa shape index (κ2) is 13.4. The summed E-state index contributed by atoms with van der Waals surface area (Å²) in [6, 6.07) is 16.4. The number of rotatable bonds is 5. The third-order valence-corrected chi connectivity index (χ3v) is 9.76. The maximum absolute atomic E-state index is 13.8. The first-order valence-corrected chi connectivity index (χ1v) is 15.9. The Morgan fingerprint density at radius 2 is 1.80 bits per heavy atom. The zero-order valence-corrected chi connectivity index (χ0v) is 25.2. The Morgan fingerprint density at radius 3 is 2.61 bits per heavy atom. The Morgan fingerprint density at radius 1 is 1.02 bits per heavy atom. The molecular formula is C35H43N5O4. The highest BCUT2D eigenvalue weighted by Gasteiger charge is 2.42. The van der Waals surface area contributed by atoms with Crippen LogP contribution in [0.4, 0.5) is 0 Å². The van der Waals surface area contributed by atoms with E-state index in [4.69, 9.17) is 10.5 Å². The minimum Gasteiger partial charge on any atom is -0.381 e. The molecule has 4 heterocycles. The van der Waals surface area contributed by atoms with Gasteiger partial charge in [0.15, 0.2) is 0 Å². The van der Waals surface area contributed by atoms with Crippen molar-refractivity contribution >= 4 is 28.6 Å². The standard InChI is InChI=1S/C35H43N5O4/c36-28(21-26-22-37-30-12-5-4-11-27(26)30)33(42)40-17-13-29-25(23-40)10-6-7-14-35(15-18-44-19-16-35)34(43)39-31(32(41)38-29)20-24-8-2-1-3-9-24/h1-9,11-12,22,25,28-29,31,37H,10,13-21,23,36H2,(H,38,41)(H,39,43)/t25-,28-,29-,31+/m0/s1. The smallest absolute Gasteiger partial charge is 0.243 e. The van der Waals surface area contributed by atoms with Crippen molar-refractivity contribution in [2.24, 2.45) is 17.1 Å². The van der Waals surface area contributed by atoms with E-state index in [0.29, 0.717) is 71.2 Å². The van der Waals surface area contributed by atoms with Crippen molar-refractivity contribution in [2.45, 2.75) is 63.1 Å². The van der Waals surface area contributed by atoms with Crippen molar-refractivity contribution in [1.82, 2.24) is 20.5 Å². The molecule has 0 bridgehead atoms. The SMILES string of the molecule is N[C@@H](Cc1c[nH]c2ccccc12)C(=O)N1CC[C@@H]2NC(=O)[C@@H](Cc3ccccc3)NC(=O)C3(CC=CC[C@H]2C1)CCOCC3. The van der Waals surface area contributed by atoms with Gasteiger partial charge in [-0.05, 0) is 55.7 Å². The van der Waals surface area contributed by atoms with Gasteiger partial charge in [-0.2, -0.15) is 0 Å². The van der Waals surface area contributed by atoms with E-state index in [0.717, 1.165) is 22.0 Å². The molecule has 0 unspecified atom stereocenters. The molecular weight excluding hydrogens is 554 g/mol. The van der Waals surface area contributed by atoms with Crippen LogP contribution in [0.15, 0.2) is 72.9 Å². The summed E-state index contributed by atoms with van der Waals surface area (Å²) in [7, 11) is 0. The summed E-state index contributed by atoms with van der Waals surface area (Å²) < 4.78 is 5.61. The summed E-state index contributed by atoms with van der Waals surface area (Å²) in [5.74, 6) is -0.292. The summed E-state index contributed by atoms with van der Waals surface area (Å²) in [4.78, 5) is 46.3. The van der Waals surface area contributed by atoms with Gasteiger partial charge in [0.25, 0.3) is 0 Å². The third-order valence-electron chi connectivity index (χ3n) is 9.76. The molecule has 9 nitrogen and oxygen atoms in total. The molecule has 3 aliphatic rings. The van der Waals surface area contributed by atoms with Gasteiger partial charge in [-0.3, -0.25) is 14.4 Å². The molecule has 4 atom stereocenters. The lowest BCUT2D eigenvalue weighted by molar-refractivity contribution is -0.140. The number of fused-ring (bicyclic) bond motifs is 2. The molecule has 44 heavy (non-hydrogen) atoms. The quantitative estimate of drug-likeness (QED) is 0.336. The minimum atomic E-state index is -0.696. The van der Waals surface area contributed by atoms with Crippen LogP contribution in [0.1, 0.15) is 43.2 Å². The Bertz CT molecular complexity index is 1500. The van der Waals surface area contributed by atoms with Crippen molar-refractivity contribution in [2.75, 3.05) is 26.3 Å². The molecule has 0 saturated carbocycles. The number of carbonyl (C=O) groups excluding carboxylic acids is 3. The number of benzene rings is 2. The van der Waals surface area contributed by atoms with Crippen LogP contribution >= 0.6 is 0 Å². The molecule has 232 valence electrons. The van der Waals surface area contributed by atoms with Crippen LogP contribution < -0.4 is 16.4 Å². The predicted octanol–water partition coefficient (Wildman–Crippen LogP) is 3.25. The number of ether oxygens (including phenoxy) is 1. The molecule has 5 N–H and O–H groups in total. The number of hydrogen-bond donors (Lipinski definition) is 4. The number of aromatic amines is 1. The summed E-state index contributed by atoms with van der Waals surface area (Å²) in [6.07, 6.45) is 10.2. The lowest BCUT2D eigenvalue weighted by Crippen LogP contribution is -2.59. The number of H-pyrrole nitrogens is 1. The van der Waals surface area contributed by atoms with Crippen LogP contribution in [-0.4, -0.2) is 72.0 Å². The average molecular weight is 598 g/mol. The number of para-hydroxylation sites is 1. The summed E-state index contributed by atoms with van der Waals surface area (Å²) >= 11 is 0. The van der Waals surface area contributed by atoms with Crippen LogP contribution in [-0.2, 0) is 32.0 Å². The first kappa shape index (κ1) is 30.1. The first-order valence-electron chi connectivity index (χ1n) is 15.9. The molecule has 3 aromatic rings. The fourth-order valence-corrected chi connectivity index (χ4v) is 7.04. The summed E-state index contributed by atoms with van der Waals surface area (Å²) in [5, 5.41) is 7.50. The number of likely N-dealkylation sites (tertiary alicyclic amines) is 1. The lowest BCUT2D eigenvalue weighted by atomic mass is 9.75. The van der Waals surface area contributed by atoms with Crippen LogP contribution in [0.2, 0.25) is 0 Å². The predicted molar refractivity (Wildman–Crippen MR) is 170 cm³/mol. The number of allylic oxidation sites excluding steroid dienone is 2. The minimum absolute atomic E-state index is 0.0336. The van der Waals surface area contributed by atoms with Crippen LogP contribution in [0.3, 0.4) is 0 Å². The molecule has 3 amide bonds. The van der Waals surface area contributed by atoms with E-state index in [1.807, 2.05) is 65.7 Å². The fourth-order valence-electron chi connectivity index (χ4n) is 7.04. The topological polar surface area (TPSA) is 130 Å². The second-order valence-electron chi connectivity index (χ2n) is 12.6. The molecule has 1 spiro atoms. The van der Waals surface area contributed by atoms with E-state index in [1.165, 1.54) is 0 Å². The number of piperidine rings is 1. The number of nitrogens with one attached hydrogen (secondary N) is 3. The maximum Gasteiger partial charge on any atom is 0.243 e. The van der Waals surface area contributed by atoms with Gasteiger partial charge in [-0.1, -0.05) is 60.7 Å². The molecule has 2 saturated heterocycles. The van der Waals surface area contributed by atoms with Gasteiger partial charge < -0.3 is 31.0 Å². The molecule has 3 aliphatic heterocycles. The second-order valence-corrected chi connectivity index (χ2v) is 12.6. The van der Waals surface area contributed by atoms with Crippen LogP contribution in [0.5, 0.6) is 0 Å². The monoisotopic (exact) mass is 597 g/mol. The average Bonchev–Trinajstić information content (AvgIpc) is 3.46. The van der Waals surface area contributed by atoms with Gasteiger partial charge in [-0.15, -0.1) is 0 Å². The van der Waals surface area contributed by atoms with Gasteiger partial charge in [-0.25, -0.2) is 0 Å². The Hall–Kier alpha value is -3.95. The Labute approximate surface area is 258 Å². The molecule has 9 heteroatoms. The van der Waals surface area contributed by atoms with Gasteiger partial charge >= 0.3 is 0 Å². The normalized spacial score (nSPS) is 24.9. The van der Waals surface area contributed by atoms with Crippen molar-refractivity contribution in [1.29, 1.82) is 0 Å². The fraction of sp³-hybridized carbons (Fsp3) is 0.457. The zero-order chi connectivity index (χ0) is 30.5. The zero-order valence-electron chi connectivity index (χ0n) is 25.2. The largest absolute Gasteiger partial charge is 0.381 e. The number of carbonyl (C=O) groups is 3. The van der Waals surface area contributed by atoms with Crippen molar-refractivity contribution in [3.63, 3.8) is 0 Å². The van der Waals surface area contributed by atoms with Crippen LogP contribution in [0.25, 0.3) is 10.9 Å².